The number of hydrogen-bond donors (Lipinski definition) is 0. The van der Waals surface area contributed by atoms with Crippen LogP contribution in [0.1, 0.15) is 31.2 Å². The van der Waals surface area contributed by atoms with Gasteiger partial charge in [0.1, 0.15) is 0 Å². The number of rotatable bonds is 3. The van der Waals surface area contributed by atoms with Crippen molar-refractivity contribution in [1.82, 2.24) is 4.90 Å². The average molecular weight is 297 g/mol. The van der Waals surface area contributed by atoms with Gasteiger partial charge in [-0.05, 0) is 91.7 Å². The Bertz CT molecular complexity index is 694. The lowest BCUT2D eigenvalue weighted by Gasteiger charge is -2.29. The highest BCUT2D eigenvalue weighted by Gasteiger charge is 2.35. The van der Waals surface area contributed by atoms with Crippen molar-refractivity contribution in [2.75, 3.05) is 20.6 Å². The normalized spacial score (nSPS) is 25.3. The molecule has 2 bridgehead atoms. The topological polar surface area (TPSA) is 3.24 Å². The first-order valence-electron chi connectivity index (χ1n) is 8.05. The number of fused-ring (bicyclic) bond motifs is 3. The van der Waals surface area contributed by atoms with E-state index in [1.165, 1.54) is 41.3 Å². The van der Waals surface area contributed by atoms with E-state index in [0.29, 0.717) is 0 Å². The second-order valence-electron chi connectivity index (χ2n) is 7.01. The number of thiophene rings is 1. The van der Waals surface area contributed by atoms with Crippen LogP contribution < -0.4 is 0 Å². The molecule has 2 aromatic rings. The van der Waals surface area contributed by atoms with Gasteiger partial charge in [0, 0.05) is 11.2 Å². The molecule has 0 amide bonds. The van der Waals surface area contributed by atoms with Gasteiger partial charge in [-0.3, -0.25) is 0 Å². The van der Waals surface area contributed by atoms with Crippen LogP contribution in [0.15, 0.2) is 35.2 Å². The summed E-state index contributed by atoms with van der Waals surface area (Å²) in [5, 5.41) is 3.62. The number of benzene rings is 1. The number of allylic oxidation sites excluding steroid dienone is 1. The smallest absolute Gasteiger partial charge is 0.0343 e. The summed E-state index contributed by atoms with van der Waals surface area (Å²) in [6, 6.07) is 9.37. The van der Waals surface area contributed by atoms with Crippen molar-refractivity contribution >= 4 is 27.0 Å². The number of hydrogen-bond acceptors (Lipinski definition) is 2. The first kappa shape index (κ1) is 13.5. The molecule has 0 radical (unpaired) electrons. The van der Waals surface area contributed by atoms with E-state index in [9.17, 15) is 0 Å². The minimum Gasteiger partial charge on any atom is -0.305 e. The Kier molecular flexibility index (Phi) is 3.39. The molecular weight excluding hydrogens is 274 g/mol. The fourth-order valence-corrected chi connectivity index (χ4v) is 5.15. The predicted octanol–water partition coefficient (Wildman–Crippen LogP) is 5.04. The third-order valence-corrected chi connectivity index (χ3v) is 6.03. The van der Waals surface area contributed by atoms with Gasteiger partial charge in [0.2, 0.25) is 0 Å². The van der Waals surface area contributed by atoms with Crippen molar-refractivity contribution in [2.45, 2.75) is 25.7 Å². The first-order valence-corrected chi connectivity index (χ1v) is 8.93. The Morgan fingerprint density at radius 2 is 2.10 bits per heavy atom. The monoisotopic (exact) mass is 297 g/mol. The fraction of sp³-hybridized carbons (Fsp3) is 0.474. The highest BCUT2D eigenvalue weighted by atomic mass is 32.1. The van der Waals surface area contributed by atoms with Crippen LogP contribution in [0.25, 0.3) is 15.7 Å². The van der Waals surface area contributed by atoms with E-state index in [4.69, 9.17) is 0 Å². The second kappa shape index (κ2) is 5.26. The lowest BCUT2D eigenvalue weighted by molar-refractivity contribution is 0.413. The zero-order valence-electron chi connectivity index (χ0n) is 12.9. The maximum absolute atomic E-state index is 2.43. The quantitative estimate of drug-likeness (QED) is 0.767. The molecule has 1 saturated carbocycles. The molecule has 0 aliphatic heterocycles. The van der Waals surface area contributed by atoms with E-state index in [0.717, 1.165) is 18.4 Å². The van der Waals surface area contributed by atoms with E-state index in [-0.39, 0.29) is 0 Å². The molecule has 1 heterocycles. The summed E-state index contributed by atoms with van der Waals surface area (Å²) in [5.74, 6) is 1.77. The molecule has 1 aromatic heterocycles. The number of likely N-dealkylation sites (N-methyl/N-ethyl adjacent to an activating group) is 1. The van der Waals surface area contributed by atoms with Crippen LogP contribution in [0.5, 0.6) is 0 Å². The highest BCUT2D eigenvalue weighted by molar-refractivity contribution is 7.17. The maximum atomic E-state index is 2.43. The van der Waals surface area contributed by atoms with Gasteiger partial charge < -0.3 is 4.90 Å². The van der Waals surface area contributed by atoms with Gasteiger partial charge in [-0.25, -0.2) is 0 Å². The lowest BCUT2D eigenvalue weighted by atomic mass is 9.79. The molecule has 0 spiro atoms. The van der Waals surface area contributed by atoms with Gasteiger partial charge in [0.15, 0.2) is 0 Å². The molecule has 1 aromatic carbocycles. The summed E-state index contributed by atoms with van der Waals surface area (Å²) >= 11 is 1.84. The van der Waals surface area contributed by atoms with Crippen LogP contribution in [-0.2, 0) is 0 Å². The van der Waals surface area contributed by atoms with Gasteiger partial charge >= 0.3 is 0 Å². The Morgan fingerprint density at radius 3 is 2.95 bits per heavy atom. The molecule has 0 N–H and O–H groups in total. The third-order valence-electron chi connectivity index (χ3n) is 5.14. The molecule has 2 atom stereocenters. The van der Waals surface area contributed by atoms with Crippen molar-refractivity contribution in [2.24, 2.45) is 11.8 Å². The molecule has 0 unspecified atom stereocenters. The maximum Gasteiger partial charge on any atom is 0.0343 e. The molecule has 1 nitrogen and oxygen atoms in total. The van der Waals surface area contributed by atoms with Gasteiger partial charge in [-0.2, -0.15) is 0 Å². The van der Waals surface area contributed by atoms with E-state index in [1.807, 2.05) is 11.3 Å². The zero-order chi connectivity index (χ0) is 14.4. The van der Waals surface area contributed by atoms with Crippen molar-refractivity contribution in [3.05, 3.63) is 40.8 Å². The van der Waals surface area contributed by atoms with Gasteiger partial charge in [-0.1, -0.05) is 11.6 Å². The molecule has 2 aliphatic rings. The predicted molar refractivity (Wildman–Crippen MR) is 92.7 cm³/mol. The van der Waals surface area contributed by atoms with E-state index < -0.39 is 0 Å². The van der Waals surface area contributed by atoms with E-state index in [2.05, 4.69) is 48.6 Å². The Labute approximate surface area is 131 Å². The van der Waals surface area contributed by atoms with Gasteiger partial charge in [-0.15, -0.1) is 11.3 Å². The fourth-order valence-electron chi connectivity index (χ4n) is 4.38. The third kappa shape index (κ3) is 2.45. The Balaban J connectivity index is 1.82. The van der Waals surface area contributed by atoms with Crippen LogP contribution in [0.2, 0.25) is 0 Å². The van der Waals surface area contributed by atoms with Crippen molar-refractivity contribution in [3.8, 4) is 0 Å². The van der Waals surface area contributed by atoms with Crippen LogP contribution in [0, 0.1) is 11.8 Å². The van der Waals surface area contributed by atoms with Crippen molar-refractivity contribution in [3.63, 3.8) is 0 Å². The number of nitrogens with zero attached hydrogens (tertiary/aromatic N) is 1. The second-order valence-corrected chi connectivity index (χ2v) is 7.96. The van der Waals surface area contributed by atoms with E-state index >= 15 is 0 Å². The summed E-state index contributed by atoms with van der Waals surface area (Å²) in [7, 11) is 4.40. The van der Waals surface area contributed by atoms with E-state index in [1.54, 1.807) is 11.1 Å². The largest absolute Gasteiger partial charge is 0.305 e. The minimum atomic E-state index is 0.815. The summed E-state index contributed by atoms with van der Waals surface area (Å²) in [6.45, 7) is 1.13. The van der Waals surface area contributed by atoms with Crippen molar-refractivity contribution < 1.29 is 0 Å². The summed E-state index contributed by atoms with van der Waals surface area (Å²) in [6.07, 6.45) is 5.59. The summed E-state index contributed by atoms with van der Waals surface area (Å²) < 4.78 is 1.41. The Hall–Kier alpha value is -1.12. The van der Waals surface area contributed by atoms with Gasteiger partial charge in [0.25, 0.3) is 0 Å². The van der Waals surface area contributed by atoms with Crippen molar-refractivity contribution in [1.29, 1.82) is 0 Å². The van der Waals surface area contributed by atoms with Crippen LogP contribution >= 0.6 is 11.3 Å². The van der Waals surface area contributed by atoms with Crippen LogP contribution in [-0.4, -0.2) is 25.5 Å². The van der Waals surface area contributed by atoms with Gasteiger partial charge in [0.05, 0.1) is 0 Å². The van der Waals surface area contributed by atoms with Crippen LogP contribution in [0.4, 0.5) is 0 Å². The average Bonchev–Trinajstić information content (AvgIpc) is 3.05. The SMILES string of the molecule is CN(C)CC1=C(c2ccc3sccc3c2)[C@@H]2CC[C@@H](C1)C2. The first-order chi connectivity index (χ1) is 10.2. The standard InChI is InChI=1S/C19H23NS/c1-20(2)12-17-10-13-3-4-15(9-13)19(17)16-5-6-18-14(11-16)7-8-21-18/h5-8,11,13,15H,3-4,9-10,12H2,1-2H3/t13-,15-/m1/s1. The Morgan fingerprint density at radius 1 is 1.19 bits per heavy atom. The molecule has 0 saturated heterocycles. The molecule has 4 rings (SSSR count). The zero-order valence-corrected chi connectivity index (χ0v) is 13.7. The molecule has 1 fully saturated rings. The molecule has 21 heavy (non-hydrogen) atoms. The molecule has 110 valence electrons. The molecule has 2 heteroatoms. The summed E-state index contributed by atoms with van der Waals surface area (Å²) in [4.78, 5) is 2.34. The minimum absolute atomic E-state index is 0.815. The molecule has 2 aliphatic carbocycles. The van der Waals surface area contributed by atoms with Crippen LogP contribution in [0.3, 0.4) is 0 Å². The molecular formula is C19H23NS. The summed E-state index contributed by atoms with van der Waals surface area (Å²) in [5.41, 5.74) is 4.88. The lowest BCUT2D eigenvalue weighted by Crippen LogP contribution is -2.21. The highest BCUT2D eigenvalue weighted by Crippen LogP contribution is 2.49.